The van der Waals surface area contributed by atoms with E-state index in [9.17, 15) is 14.0 Å². The second-order valence-corrected chi connectivity index (χ2v) is 8.64. The van der Waals surface area contributed by atoms with E-state index in [4.69, 9.17) is 0 Å². The Labute approximate surface area is 189 Å². The van der Waals surface area contributed by atoms with Crippen LogP contribution in [0.3, 0.4) is 0 Å². The molecule has 32 heavy (non-hydrogen) atoms. The molecule has 6 heteroatoms. The summed E-state index contributed by atoms with van der Waals surface area (Å²) >= 11 is 0.967. The van der Waals surface area contributed by atoms with E-state index in [0.717, 1.165) is 39.4 Å². The van der Waals surface area contributed by atoms with Gasteiger partial charge >= 0.3 is 0 Å². The summed E-state index contributed by atoms with van der Waals surface area (Å²) in [7, 11) is 0. The summed E-state index contributed by atoms with van der Waals surface area (Å²) in [5.41, 5.74) is 3.67. The monoisotopic (exact) mass is 442 g/mol. The number of fused-ring (bicyclic) bond motifs is 1. The number of aromatic nitrogens is 1. The number of amides is 2. The summed E-state index contributed by atoms with van der Waals surface area (Å²) in [5.74, 6) is -0.518. The highest BCUT2D eigenvalue weighted by Gasteiger charge is 2.34. The fourth-order valence-electron chi connectivity index (χ4n) is 3.83. The summed E-state index contributed by atoms with van der Waals surface area (Å²) in [6, 6.07) is 23.9. The maximum absolute atomic E-state index is 13.5. The van der Waals surface area contributed by atoms with Gasteiger partial charge in [0.05, 0.1) is 11.4 Å². The lowest BCUT2D eigenvalue weighted by Crippen LogP contribution is -2.27. The van der Waals surface area contributed by atoms with Crippen molar-refractivity contribution in [3.63, 3.8) is 0 Å². The summed E-state index contributed by atoms with van der Waals surface area (Å²) < 4.78 is 15.5. The molecule has 4 aromatic rings. The van der Waals surface area contributed by atoms with E-state index < -0.39 is 0 Å². The van der Waals surface area contributed by atoms with Crippen LogP contribution in [-0.4, -0.2) is 20.6 Å². The Balaban J connectivity index is 1.37. The predicted molar refractivity (Wildman–Crippen MR) is 125 cm³/mol. The molecule has 0 radical (unpaired) electrons. The van der Waals surface area contributed by atoms with E-state index >= 15 is 0 Å². The second-order valence-electron chi connectivity index (χ2n) is 7.65. The molecule has 2 heterocycles. The third kappa shape index (κ3) is 4.09. The van der Waals surface area contributed by atoms with Crippen molar-refractivity contribution in [2.75, 3.05) is 0 Å². The van der Waals surface area contributed by atoms with Crippen molar-refractivity contribution < 1.29 is 14.0 Å². The van der Waals surface area contributed by atoms with Gasteiger partial charge in [-0.05, 0) is 64.9 Å². The minimum Gasteiger partial charge on any atom is -0.343 e. The van der Waals surface area contributed by atoms with Gasteiger partial charge < -0.3 is 4.57 Å². The van der Waals surface area contributed by atoms with Gasteiger partial charge in [0.1, 0.15) is 5.82 Å². The molecular formula is C26H19FN2O2S. The maximum atomic E-state index is 13.5. The summed E-state index contributed by atoms with van der Waals surface area (Å²) in [5, 5.41) is 0.756. The van der Waals surface area contributed by atoms with Gasteiger partial charge in [0.15, 0.2) is 0 Å². The molecule has 2 amide bonds. The Kier molecular flexibility index (Phi) is 5.37. The van der Waals surface area contributed by atoms with Gasteiger partial charge in [0.2, 0.25) is 0 Å². The molecular weight excluding hydrogens is 423 g/mol. The van der Waals surface area contributed by atoms with Crippen molar-refractivity contribution in [3.05, 3.63) is 112 Å². The van der Waals surface area contributed by atoms with E-state index in [-0.39, 0.29) is 23.5 Å². The number of hydrogen-bond donors (Lipinski definition) is 0. The molecule has 1 aliphatic heterocycles. The molecule has 1 saturated heterocycles. The normalized spacial score (nSPS) is 15.3. The molecule has 4 nitrogen and oxygen atoms in total. The molecule has 0 saturated carbocycles. The average molecular weight is 443 g/mol. The third-order valence-corrected chi connectivity index (χ3v) is 6.30. The number of benzene rings is 3. The number of hydrogen-bond acceptors (Lipinski definition) is 3. The predicted octanol–water partition coefficient (Wildman–Crippen LogP) is 6.07. The van der Waals surface area contributed by atoms with Gasteiger partial charge in [-0.3, -0.25) is 14.5 Å². The Morgan fingerprint density at radius 3 is 2.47 bits per heavy atom. The molecule has 0 N–H and O–H groups in total. The molecule has 5 rings (SSSR count). The SMILES string of the molecule is O=C1S/C(=C/c2ccc3c(ccn3Cc3cccc(F)c3)c2)C(=O)N1Cc1ccccc1. The Morgan fingerprint density at radius 1 is 0.844 bits per heavy atom. The number of imide groups is 1. The van der Waals surface area contributed by atoms with Crippen molar-refractivity contribution in [2.24, 2.45) is 0 Å². The van der Waals surface area contributed by atoms with Crippen LogP contribution in [0.2, 0.25) is 0 Å². The van der Waals surface area contributed by atoms with Crippen LogP contribution in [0.1, 0.15) is 16.7 Å². The largest absolute Gasteiger partial charge is 0.343 e. The molecule has 158 valence electrons. The van der Waals surface area contributed by atoms with Crippen molar-refractivity contribution in [1.29, 1.82) is 0 Å². The maximum Gasteiger partial charge on any atom is 0.293 e. The first kappa shape index (κ1) is 20.3. The summed E-state index contributed by atoms with van der Waals surface area (Å²) in [4.78, 5) is 26.9. The van der Waals surface area contributed by atoms with Crippen LogP contribution in [0.25, 0.3) is 17.0 Å². The number of carbonyl (C=O) groups excluding carboxylic acids is 2. The number of nitrogens with zero attached hydrogens (tertiary/aromatic N) is 2. The number of rotatable bonds is 5. The minimum atomic E-state index is -0.271. The van der Waals surface area contributed by atoms with Gasteiger partial charge in [0, 0.05) is 23.6 Å². The third-order valence-electron chi connectivity index (χ3n) is 5.39. The number of thioether (sulfide) groups is 1. The molecule has 1 fully saturated rings. The van der Waals surface area contributed by atoms with Crippen LogP contribution in [0.4, 0.5) is 9.18 Å². The highest BCUT2D eigenvalue weighted by atomic mass is 32.2. The lowest BCUT2D eigenvalue weighted by Gasteiger charge is -2.12. The summed E-state index contributed by atoms with van der Waals surface area (Å²) in [6.07, 6.45) is 3.73. The molecule has 0 atom stereocenters. The number of carbonyl (C=O) groups is 2. The Morgan fingerprint density at radius 2 is 1.66 bits per heavy atom. The molecule has 1 aromatic heterocycles. The van der Waals surface area contributed by atoms with E-state index in [2.05, 4.69) is 4.57 Å². The van der Waals surface area contributed by atoms with Crippen LogP contribution in [0, 0.1) is 5.82 Å². The van der Waals surface area contributed by atoms with Crippen molar-refractivity contribution in [3.8, 4) is 0 Å². The zero-order valence-corrected chi connectivity index (χ0v) is 17.9. The lowest BCUT2D eigenvalue weighted by atomic mass is 10.1. The van der Waals surface area contributed by atoms with Crippen LogP contribution < -0.4 is 0 Å². The molecule has 3 aromatic carbocycles. The van der Waals surface area contributed by atoms with Crippen LogP contribution in [0.15, 0.2) is 90.0 Å². The second kappa shape index (κ2) is 8.48. The Hall–Kier alpha value is -3.64. The molecule has 1 aliphatic rings. The van der Waals surface area contributed by atoms with Gasteiger partial charge in [-0.25, -0.2) is 4.39 Å². The van der Waals surface area contributed by atoms with Crippen LogP contribution >= 0.6 is 11.8 Å². The van der Waals surface area contributed by atoms with Crippen molar-refractivity contribution in [2.45, 2.75) is 13.1 Å². The average Bonchev–Trinajstić information content (AvgIpc) is 3.30. The van der Waals surface area contributed by atoms with Crippen molar-refractivity contribution >= 4 is 39.9 Å². The molecule has 0 spiro atoms. The van der Waals surface area contributed by atoms with Gasteiger partial charge in [-0.15, -0.1) is 0 Å². The standard InChI is InChI=1S/C26H19FN2O2S/c27-22-8-4-7-20(14-22)16-28-12-11-21-13-19(9-10-23(21)28)15-24-25(30)29(26(31)32-24)17-18-5-2-1-3-6-18/h1-15H,16-17H2/b24-15+. The topological polar surface area (TPSA) is 42.3 Å². The molecule has 0 bridgehead atoms. The summed E-state index contributed by atoms with van der Waals surface area (Å²) in [6.45, 7) is 0.837. The first-order valence-corrected chi connectivity index (χ1v) is 11.0. The highest BCUT2D eigenvalue weighted by molar-refractivity contribution is 8.18. The first-order valence-electron chi connectivity index (χ1n) is 10.2. The quantitative estimate of drug-likeness (QED) is 0.353. The van der Waals surface area contributed by atoms with E-state index in [1.54, 1.807) is 12.1 Å². The van der Waals surface area contributed by atoms with E-state index in [1.807, 2.05) is 66.9 Å². The fourth-order valence-corrected chi connectivity index (χ4v) is 4.67. The van der Waals surface area contributed by atoms with Gasteiger partial charge in [-0.1, -0.05) is 48.5 Å². The smallest absolute Gasteiger partial charge is 0.293 e. The van der Waals surface area contributed by atoms with E-state index in [1.165, 1.54) is 17.0 Å². The van der Waals surface area contributed by atoms with Crippen LogP contribution in [0.5, 0.6) is 0 Å². The fraction of sp³-hybridized carbons (Fsp3) is 0.0769. The van der Waals surface area contributed by atoms with Gasteiger partial charge in [0.25, 0.3) is 11.1 Å². The lowest BCUT2D eigenvalue weighted by molar-refractivity contribution is -0.123. The Bertz CT molecular complexity index is 1360. The van der Waals surface area contributed by atoms with Crippen LogP contribution in [-0.2, 0) is 17.9 Å². The molecule has 0 aliphatic carbocycles. The van der Waals surface area contributed by atoms with Gasteiger partial charge in [-0.2, -0.15) is 0 Å². The zero-order chi connectivity index (χ0) is 22.1. The zero-order valence-electron chi connectivity index (χ0n) is 17.1. The van der Waals surface area contributed by atoms with E-state index in [0.29, 0.717) is 11.4 Å². The first-order chi connectivity index (χ1) is 15.6. The minimum absolute atomic E-state index is 0.248. The molecule has 0 unspecified atom stereocenters. The van der Waals surface area contributed by atoms with Crippen molar-refractivity contribution in [1.82, 2.24) is 9.47 Å². The number of halogens is 1. The highest BCUT2D eigenvalue weighted by Crippen LogP contribution is 2.33.